The molecule has 0 aliphatic carbocycles. The molecule has 2 atom stereocenters. The van der Waals surface area contributed by atoms with E-state index in [4.69, 9.17) is 9.47 Å². The van der Waals surface area contributed by atoms with Gasteiger partial charge in [-0.3, -0.25) is 14.5 Å². The Kier molecular flexibility index (Phi) is 6.64. The fourth-order valence-electron chi connectivity index (χ4n) is 5.94. The van der Waals surface area contributed by atoms with Crippen molar-refractivity contribution in [1.82, 2.24) is 9.80 Å². The van der Waals surface area contributed by atoms with Crippen molar-refractivity contribution in [3.63, 3.8) is 0 Å². The van der Waals surface area contributed by atoms with Gasteiger partial charge in [-0.05, 0) is 53.4 Å². The van der Waals surface area contributed by atoms with E-state index in [1.807, 2.05) is 61.5 Å². The maximum Gasteiger partial charge on any atom is 0.295 e. The molecule has 7 heteroatoms. The molecule has 3 heterocycles. The van der Waals surface area contributed by atoms with Gasteiger partial charge >= 0.3 is 0 Å². The molecule has 196 valence electrons. The first kappa shape index (κ1) is 24.6. The maximum atomic E-state index is 13.5. The Labute approximate surface area is 222 Å². The molecular formula is C31H32N2O5. The van der Waals surface area contributed by atoms with Crippen LogP contribution < -0.4 is 4.74 Å². The van der Waals surface area contributed by atoms with Gasteiger partial charge in [0.25, 0.3) is 11.7 Å². The number of rotatable bonds is 6. The van der Waals surface area contributed by atoms with E-state index in [-0.39, 0.29) is 17.4 Å². The van der Waals surface area contributed by atoms with Gasteiger partial charge in [-0.2, -0.15) is 0 Å². The van der Waals surface area contributed by atoms with E-state index >= 15 is 0 Å². The van der Waals surface area contributed by atoms with Crippen molar-refractivity contribution >= 4 is 28.2 Å². The fraction of sp³-hybridized carbons (Fsp3) is 0.355. The number of fused-ring (bicyclic) bond motifs is 2. The maximum absolute atomic E-state index is 13.5. The van der Waals surface area contributed by atoms with Gasteiger partial charge < -0.3 is 19.5 Å². The third kappa shape index (κ3) is 4.46. The number of carbonyl (C=O) groups is 2. The molecule has 3 aromatic carbocycles. The normalized spacial score (nSPS) is 23.1. The molecular weight excluding hydrogens is 480 g/mol. The number of nitrogens with zero attached hydrogens (tertiary/aromatic N) is 2. The van der Waals surface area contributed by atoms with Crippen LogP contribution in [0.3, 0.4) is 0 Å². The van der Waals surface area contributed by atoms with Crippen molar-refractivity contribution in [2.75, 3.05) is 39.4 Å². The summed E-state index contributed by atoms with van der Waals surface area (Å²) in [7, 11) is 0. The van der Waals surface area contributed by atoms with Crippen LogP contribution in [-0.4, -0.2) is 72.1 Å². The highest BCUT2D eigenvalue weighted by Crippen LogP contribution is 2.42. The predicted molar refractivity (Wildman–Crippen MR) is 145 cm³/mol. The van der Waals surface area contributed by atoms with Crippen LogP contribution in [-0.2, 0) is 20.7 Å². The van der Waals surface area contributed by atoms with Crippen LogP contribution >= 0.6 is 0 Å². The van der Waals surface area contributed by atoms with E-state index in [1.165, 1.54) is 0 Å². The molecule has 2 saturated heterocycles. The first-order valence-corrected chi connectivity index (χ1v) is 13.4. The van der Waals surface area contributed by atoms with E-state index in [0.29, 0.717) is 25.3 Å². The number of hydrogen-bond acceptors (Lipinski definition) is 6. The molecule has 3 aliphatic rings. The lowest BCUT2D eigenvalue weighted by Crippen LogP contribution is -2.39. The Hall–Kier alpha value is -3.68. The predicted octanol–water partition coefficient (Wildman–Crippen LogP) is 4.31. The van der Waals surface area contributed by atoms with Crippen LogP contribution in [0, 0.1) is 0 Å². The number of benzene rings is 3. The molecule has 6 rings (SSSR count). The van der Waals surface area contributed by atoms with Crippen LogP contribution in [0.25, 0.3) is 16.5 Å². The van der Waals surface area contributed by atoms with E-state index < -0.39 is 17.7 Å². The van der Waals surface area contributed by atoms with E-state index in [2.05, 4.69) is 4.90 Å². The Balaban J connectivity index is 1.41. The Morgan fingerprint density at radius 1 is 1.00 bits per heavy atom. The average molecular weight is 513 g/mol. The van der Waals surface area contributed by atoms with Crippen molar-refractivity contribution in [3.8, 4) is 5.75 Å². The summed E-state index contributed by atoms with van der Waals surface area (Å²) >= 11 is 0. The van der Waals surface area contributed by atoms with Gasteiger partial charge in [0.2, 0.25) is 0 Å². The molecule has 2 unspecified atom stereocenters. The molecule has 3 aromatic rings. The number of Topliss-reactive ketones (excluding diaryl/α,β-unsaturated/α-hetero) is 1. The lowest BCUT2D eigenvalue weighted by atomic mass is 9.91. The van der Waals surface area contributed by atoms with Gasteiger partial charge in [0.05, 0.1) is 24.8 Å². The molecule has 1 N–H and O–H groups in total. The van der Waals surface area contributed by atoms with E-state index in [9.17, 15) is 14.7 Å². The summed E-state index contributed by atoms with van der Waals surface area (Å²) in [4.78, 5) is 31.0. The summed E-state index contributed by atoms with van der Waals surface area (Å²) in [5.74, 6) is -0.552. The van der Waals surface area contributed by atoms with Crippen LogP contribution in [0.2, 0.25) is 0 Å². The Morgan fingerprint density at radius 2 is 1.79 bits per heavy atom. The monoisotopic (exact) mass is 512 g/mol. The number of ketones is 1. The molecule has 0 aromatic heterocycles. The second kappa shape index (κ2) is 10.2. The molecule has 0 saturated carbocycles. The number of hydrogen-bond donors (Lipinski definition) is 1. The number of aliphatic hydroxyl groups excluding tert-OH is 1. The van der Waals surface area contributed by atoms with Crippen LogP contribution in [0.1, 0.15) is 36.1 Å². The quantitative estimate of drug-likeness (QED) is 0.301. The number of carbonyl (C=O) groups excluding carboxylic acids is 2. The lowest BCUT2D eigenvalue weighted by molar-refractivity contribution is -0.140. The van der Waals surface area contributed by atoms with E-state index in [0.717, 1.165) is 60.1 Å². The number of morpholine rings is 1. The second-order valence-corrected chi connectivity index (χ2v) is 10.3. The first-order chi connectivity index (χ1) is 18.5. The van der Waals surface area contributed by atoms with Crippen molar-refractivity contribution in [2.24, 2.45) is 0 Å². The molecule has 0 radical (unpaired) electrons. The minimum absolute atomic E-state index is 0.0649. The van der Waals surface area contributed by atoms with Gasteiger partial charge in [0.1, 0.15) is 17.6 Å². The number of amides is 1. The minimum atomic E-state index is -0.672. The highest BCUT2D eigenvalue weighted by Gasteiger charge is 2.46. The van der Waals surface area contributed by atoms with Crippen molar-refractivity contribution in [3.05, 3.63) is 82.9 Å². The van der Waals surface area contributed by atoms with Crippen LogP contribution in [0.15, 0.2) is 66.2 Å². The van der Waals surface area contributed by atoms with Gasteiger partial charge in [0.15, 0.2) is 0 Å². The van der Waals surface area contributed by atoms with Crippen molar-refractivity contribution in [1.29, 1.82) is 0 Å². The smallest absolute Gasteiger partial charge is 0.295 e. The standard InChI is InChI=1S/C31H32N2O5/c1-20-18-23-19-22(10-11-26(23)38-20)29(34)27-28(25-9-4-7-21-6-2-3-8-24(21)25)33(31(36)30(27)35)13-5-12-32-14-16-37-17-15-32/h2-4,6-11,19-20,28,34H,5,12-18H2,1H3/b29-27+. The molecule has 0 bridgehead atoms. The largest absolute Gasteiger partial charge is 0.507 e. The summed E-state index contributed by atoms with van der Waals surface area (Å²) in [6.07, 6.45) is 1.52. The molecule has 3 aliphatic heterocycles. The zero-order valence-corrected chi connectivity index (χ0v) is 21.6. The molecule has 38 heavy (non-hydrogen) atoms. The third-order valence-electron chi connectivity index (χ3n) is 7.80. The Bertz CT molecular complexity index is 1420. The summed E-state index contributed by atoms with van der Waals surface area (Å²) in [6, 6.07) is 18.7. The van der Waals surface area contributed by atoms with Gasteiger partial charge in [0, 0.05) is 38.2 Å². The molecule has 2 fully saturated rings. The third-order valence-corrected chi connectivity index (χ3v) is 7.80. The number of ether oxygens (including phenoxy) is 2. The molecule has 7 nitrogen and oxygen atoms in total. The summed E-state index contributed by atoms with van der Waals surface area (Å²) in [5, 5.41) is 13.6. The average Bonchev–Trinajstić information content (AvgIpc) is 3.44. The molecule has 1 amide bonds. The number of likely N-dealkylation sites (tertiary alicyclic amines) is 1. The van der Waals surface area contributed by atoms with Crippen molar-refractivity contribution < 1.29 is 24.2 Å². The number of aliphatic hydroxyl groups is 1. The SMILES string of the molecule is CC1Cc2cc(/C(O)=C3\C(=O)C(=O)N(CCCN4CCOCC4)C3c3cccc4ccccc34)ccc2O1. The van der Waals surface area contributed by atoms with Gasteiger partial charge in [-0.1, -0.05) is 42.5 Å². The van der Waals surface area contributed by atoms with Crippen molar-refractivity contribution in [2.45, 2.75) is 31.9 Å². The summed E-state index contributed by atoms with van der Waals surface area (Å²) in [5.41, 5.74) is 2.50. The zero-order valence-electron chi connectivity index (χ0n) is 21.6. The first-order valence-electron chi connectivity index (χ1n) is 13.4. The highest BCUT2D eigenvalue weighted by atomic mass is 16.5. The van der Waals surface area contributed by atoms with E-state index in [1.54, 1.807) is 11.0 Å². The molecule has 0 spiro atoms. The van der Waals surface area contributed by atoms with Crippen LogP contribution in [0.4, 0.5) is 0 Å². The Morgan fingerprint density at radius 3 is 2.63 bits per heavy atom. The highest BCUT2D eigenvalue weighted by molar-refractivity contribution is 6.46. The minimum Gasteiger partial charge on any atom is -0.507 e. The van der Waals surface area contributed by atoms with Gasteiger partial charge in [-0.25, -0.2) is 0 Å². The van der Waals surface area contributed by atoms with Gasteiger partial charge in [-0.15, -0.1) is 0 Å². The lowest BCUT2D eigenvalue weighted by Gasteiger charge is -2.29. The zero-order chi connectivity index (χ0) is 26.2. The van der Waals surface area contributed by atoms with Crippen LogP contribution in [0.5, 0.6) is 5.75 Å². The second-order valence-electron chi connectivity index (χ2n) is 10.3. The summed E-state index contributed by atoms with van der Waals surface area (Å²) in [6.45, 7) is 6.40. The fourth-order valence-corrected chi connectivity index (χ4v) is 5.94. The topological polar surface area (TPSA) is 79.3 Å². The summed E-state index contributed by atoms with van der Waals surface area (Å²) < 4.78 is 11.3.